The van der Waals surface area contributed by atoms with Crippen LogP contribution < -0.4 is 0 Å². The molecule has 0 unspecified atom stereocenters. The number of hydrogen-bond donors (Lipinski definition) is 0. The largest absolute Gasteiger partial charge is 0.316 e. The van der Waals surface area contributed by atoms with Gasteiger partial charge in [-0.2, -0.15) is 0 Å². The minimum atomic E-state index is 0.626. The molecule has 0 aromatic carbocycles. The molecule has 4 heteroatoms. The monoisotopic (exact) mass is 181 g/mol. The van der Waals surface area contributed by atoms with E-state index in [0.29, 0.717) is 5.02 Å². The number of nitrogens with zero attached hydrogens (tertiary/aromatic N) is 3. The second kappa shape index (κ2) is 2.45. The van der Waals surface area contributed by atoms with Crippen LogP contribution in [-0.4, -0.2) is 14.5 Å². The van der Waals surface area contributed by atoms with E-state index in [1.165, 1.54) is 0 Å². The zero-order chi connectivity index (χ0) is 8.72. The van der Waals surface area contributed by atoms with Gasteiger partial charge in [-0.25, -0.2) is 9.97 Å². The topological polar surface area (TPSA) is 30.7 Å². The number of fused-ring (bicyclic) bond motifs is 1. The summed E-state index contributed by atoms with van der Waals surface area (Å²) in [6, 6.07) is 1.82. The molecule has 12 heavy (non-hydrogen) atoms. The Morgan fingerprint density at radius 1 is 1.50 bits per heavy atom. The van der Waals surface area contributed by atoms with Gasteiger partial charge in [0.1, 0.15) is 11.3 Å². The highest BCUT2D eigenvalue weighted by molar-refractivity contribution is 6.31. The van der Waals surface area contributed by atoms with E-state index in [0.717, 1.165) is 17.0 Å². The molecule has 0 amide bonds. The van der Waals surface area contributed by atoms with E-state index in [-0.39, 0.29) is 0 Å². The third-order valence-electron chi connectivity index (χ3n) is 1.90. The maximum atomic E-state index is 5.77. The number of hydrogen-bond acceptors (Lipinski definition) is 2. The summed E-state index contributed by atoms with van der Waals surface area (Å²) in [5, 5.41) is 0.626. The number of rotatable bonds is 0. The summed E-state index contributed by atoms with van der Waals surface area (Å²) in [5.74, 6) is 0.944. The summed E-state index contributed by atoms with van der Waals surface area (Å²) in [5.41, 5.74) is 1.72. The molecule has 2 heterocycles. The Hall–Kier alpha value is -1.09. The molecule has 2 rings (SSSR count). The zero-order valence-corrected chi connectivity index (χ0v) is 7.63. The molecule has 0 saturated heterocycles. The molecule has 0 radical (unpaired) electrons. The zero-order valence-electron chi connectivity index (χ0n) is 6.87. The Morgan fingerprint density at radius 3 is 3.00 bits per heavy atom. The van der Waals surface area contributed by atoms with Crippen LogP contribution in [0.2, 0.25) is 5.02 Å². The highest BCUT2D eigenvalue weighted by Crippen LogP contribution is 2.15. The van der Waals surface area contributed by atoms with Gasteiger partial charge in [0.25, 0.3) is 0 Å². The van der Waals surface area contributed by atoms with Crippen LogP contribution in [0, 0.1) is 6.92 Å². The first-order valence-corrected chi connectivity index (χ1v) is 4.01. The fraction of sp³-hybridized carbons (Fsp3) is 0.250. The SMILES string of the molecule is Cc1nc2cc(Cl)cnc2n1C. The lowest BCUT2D eigenvalue weighted by molar-refractivity contribution is 0.874. The van der Waals surface area contributed by atoms with Crippen LogP contribution in [0.3, 0.4) is 0 Å². The van der Waals surface area contributed by atoms with Crippen LogP contribution in [0.1, 0.15) is 5.82 Å². The van der Waals surface area contributed by atoms with E-state index in [1.54, 1.807) is 6.20 Å². The third kappa shape index (κ3) is 0.975. The van der Waals surface area contributed by atoms with Gasteiger partial charge in [-0.1, -0.05) is 11.6 Å². The van der Waals surface area contributed by atoms with Gasteiger partial charge in [0.15, 0.2) is 5.65 Å². The summed E-state index contributed by atoms with van der Waals surface area (Å²) in [7, 11) is 1.94. The maximum absolute atomic E-state index is 5.77. The number of halogens is 1. The third-order valence-corrected chi connectivity index (χ3v) is 2.11. The average molecular weight is 182 g/mol. The summed E-state index contributed by atoms with van der Waals surface area (Å²) < 4.78 is 1.94. The first-order valence-electron chi connectivity index (χ1n) is 3.63. The summed E-state index contributed by atoms with van der Waals surface area (Å²) in [6.45, 7) is 1.94. The van der Waals surface area contributed by atoms with Crippen LogP contribution in [0.25, 0.3) is 11.2 Å². The van der Waals surface area contributed by atoms with E-state index in [2.05, 4.69) is 9.97 Å². The van der Waals surface area contributed by atoms with Crippen LogP contribution >= 0.6 is 11.6 Å². The van der Waals surface area contributed by atoms with Gasteiger partial charge >= 0.3 is 0 Å². The molecule has 0 bridgehead atoms. The number of aromatic nitrogens is 3. The average Bonchev–Trinajstić information content (AvgIpc) is 2.28. The van der Waals surface area contributed by atoms with Crippen molar-refractivity contribution < 1.29 is 0 Å². The lowest BCUT2D eigenvalue weighted by Crippen LogP contribution is -1.91. The van der Waals surface area contributed by atoms with E-state index in [1.807, 2.05) is 24.6 Å². The van der Waals surface area contributed by atoms with Gasteiger partial charge in [0.05, 0.1) is 5.02 Å². The van der Waals surface area contributed by atoms with Gasteiger partial charge in [-0.15, -0.1) is 0 Å². The highest BCUT2D eigenvalue weighted by Gasteiger charge is 2.04. The summed E-state index contributed by atoms with van der Waals surface area (Å²) in [4.78, 5) is 8.46. The minimum Gasteiger partial charge on any atom is -0.316 e. The van der Waals surface area contributed by atoms with Crippen molar-refractivity contribution in [1.29, 1.82) is 0 Å². The second-order valence-electron chi connectivity index (χ2n) is 2.71. The predicted molar refractivity (Wildman–Crippen MR) is 48.3 cm³/mol. The second-order valence-corrected chi connectivity index (χ2v) is 3.15. The number of imidazole rings is 1. The first-order chi connectivity index (χ1) is 5.68. The molecule has 2 aromatic rings. The van der Waals surface area contributed by atoms with Gasteiger partial charge < -0.3 is 4.57 Å². The maximum Gasteiger partial charge on any atom is 0.159 e. The van der Waals surface area contributed by atoms with Gasteiger partial charge in [0, 0.05) is 13.2 Å². The molecule has 62 valence electrons. The number of pyridine rings is 1. The molecule has 3 nitrogen and oxygen atoms in total. The molecule has 0 fully saturated rings. The van der Waals surface area contributed by atoms with E-state index in [4.69, 9.17) is 11.6 Å². The van der Waals surface area contributed by atoms with Gasteiger partial charge in [-0.3, -0.25) is 0 Å². The normalized spacial score (nSPS) is 10.9. The van der Waals surface area contributed by atoms with E-state index >= 15 is 0 Å². The smallest absolute Gasteiger partial charge is 0.159 e. The fourth-order valence-electron chi connectivity index (χ4n) is 1.16. The molecule has 0 aliphatic carbocycles. The predicted octanol–water partition coefficient (Wildman–Crippen LogP) is 1.93. The molecular formula is C8H8ClN3. The van der Waals surface area contributed by atoms with Crippen molar-refractivity contribution >= 4 is 22.8 Å². The standard InChI is InChI=1S/C8H8ClN3/c1-5-11-7-3-6(9)4-10-8(7)12(5)2/h3-4H,1-2H3. The van der Waals surface area contributed by atoms with E-state index in [9.17, 15) is 0 Å². The van der Waals surface area contributed by atoms with Crippen molar-refractivity contribution in [2.45, 2.75) is 6.92 Å². The quantitative estimate of drug-likeness (QED) is 0.622. The van der Waals surface area contributed by atoms with Crippen LogP contribution in [0.5, 0.6) is 0 Å². The summed E-state index contributed by atoms with van der Waals surface area (Å²) in [6.07, 6.45) is 1.63. The minimum absolute atomic E-state index is 0.626. The van der Waals surface area contributed by atoms with Crippen molar-refractivity contribution in [2.24, 2.45) is 7.05 Å². The van der Waals surface area contributed by atoms with Crippen LogP contribution in [0.4, 0.5) is 0 Å². The first kappa shape index (κ1) is 7.55. The van der Waals surface area contributed by atoms with Crippen molar-refractivity contribution in [3.8, 4) is 0 Å². The Labute approximate surface area is 75.0 Å². The molecule has 0 saturated carbocycles. The lowest BCUT2D eigenvalue weighted by atomic mass is 10.4. The molecule has 0 atom stereocenters. The lowest BCUT2D eigenvalue weighted by Gasteiger charge is -1.93. The Kier molecular flexibility index (Phi) is 1.54. The van der Waals surface area contributed by atoms with Crippen molar-refractivity contribution in [1.82, 2.24) is 14.5 Å². The van der Waals surface area contributed by atoms with Crippen molar-refractivity contribution in [3.05, 3.63) is 23.1 Å². The van der Waals surface area contributed by atoms with Gasteiger partial charge in [-0.05, 0) is 13.0 Å². The van der Waals surface area contributed by atoms with E-state index < -0.39 is 0 Å². The summed E-state index contributed by atoms with van der Waals surface area (Å²) >= 11 is 5.77. The van der Waals surface area contributed by atoms with Gasteiger partial charge in [0.2, 0.25) is 0 Å². The molecule has 0 aliphatic heterocycles. The molecule has 0 aliphatic rings. The van der Waals surface area contributed by atoms with Crippen molar-refractivity contribution in [3.63, 3.8) is 0 Å². The van der Waals surface area contributed by atoms with Crippen molar-refractivity contribution in [2.75, 3.05) is 0 Å². The van der Waals surface area contributed by atoms with Crippen LogP contribution in [0.15, 0.2) is 12.3 Å². The fourth-order valence-corrected chi connectivity index (χ4v) is 1.32. The Bertz CT molecular complexity index is 433. The molecule has 0 spiro atoms. The molecule has 2 aromatic heterocycles. The molecular weight excluding hydrogens is 174 g/mol. The number of aryl methyl sites for hydroxylation is 2. The van der Waals surface area contributed by atoms with Crippen LogP contribution in [-0.2, 0) is 7.05 Å². The molecule has 0 N–H and O–H groups in total. The Morgan fingerprint density at radius 2 is 2.25 bits per heavy atom. The highest BCUT2D eigenvalue weighted by atomic mass is 35.5. The Balaban J connectivity index is 2.87.